The van der Waals surface area contributed by atoms with Gasteiger partial charge in [-0.25, -0.2) is 4.68 Å². The smallest absolute Gasteiger partial charge is 0.220 e. The second-order valence-electron chi connectivity index (χ2n) is 3.33. The summed E-state index contributed by atoms with van der Waals surface area (Å²) in [6, 6.07) is 7.02. The molecule has 0 fully saturated rings. The Labute approximate surface area is 89.5 Å². The van der Waals surface area contributed by atoms with Gasteiger partial charge in [0.1, 0.15) is 0 Å². The van der Waals surface area contributed by atoms with Crippen LogP contribution in [0.2, 0.25) is 0 Å². The second kappa shape index (κ2) is 3.62. The largest absolute Gasteiger partial charge is 0.436 e. The lowest BCUT2D eigenvalue weighted by Crippen LogP contribution is -2.05. The first-order valence-electron chi connectivity index (χ1n) is 4.54. The molecule has 0 aliphatic rings. The highest BCUT2D eigenvalue weighted by Crippen LogP contribution is 2.27. The lowest BCUT2D eigenvalue weighted by atomic mass is 10.2. The van der Waals surface area contributed by atoms with Crippen molar-refractivity contribution in [3.63, 3.8) is 0 Å². The molecular formula is C10H8F3N3. The number of hydrogen-bond donors (Lipinski definition) is 0. The molecule has 0 amide bonds. The van der Waals surface area contributed by atoms with E-state index in [2.05, 4.69) is 10.3 Å². The Hall–Kier alpha value is -1.85. The molecule has 1 aromatic heterocycles. The third-order valence-electron chi connectivity index (χ3n) is 2.15. The maximum absolute atomic E-state index is 12.3. The minimum absolute atomic E-state index is 0.588. The van der Waals surface area contributed by atoms with E-state index >= 15 is 0 Å². The molecule has 84 valence electrons. The molecule has 3 nitrogen and oxygen atoms in total. The van der Waals surface area contributed by atoms with Gasteiger partial charge in [-0.15, -0.1) is 5.10 Å². The van der Waals surface area contributed by atoms with Crippen LogP contribution in [0.5, 0.6) is 0 Å². The van der Waals surface area contributed by atoms with Crippen LogP contribution in [0.15, 0.2) is 30.5 Å². The minimum atomic E-state index is -4.46. The van der Waals surface area contributed by atoms with Crippen molar-refractivity contribution in [1.29, 1.82) is 0 Å². The predicted molar refractivity (Wildman–Crippen MR) is 51.1 cm³/mol. The number of aryl methyl sites for hydroxylation is 1. The number of nitrogens with zero attached hydrogens (tertiary/aromatic N) is 3. The van der Waals surface area contributed by atoms with Gasteiger partial charge in [-0.1, -0.05) is 23.4 Å². The van der Waals surface area contributed by atoms with Crippen LogP contribution in [0.1, 0.15) is 11.3 Å². The Kier molecular flexibility index (Phi) is 2.41. The van der Waals surface area contributed by atoms with Crippen LogP contribution >= 0.6 is 0 Å². The van der Waals surface area contributed by atoms with Gasteiger partial charge in [0.25, 0.3) is 0 Å². The van der Waals surface area contributed by atoms with Crippen LogP contribution in [-0.4, -0.2) is 15.0 Å². The summed E-state index contributed by atoms with van der Waals surface area (Å²) in [6.45, 7) is 1.80. The normalized spacial score (nSPS) is 11.8. The van der Waals surface area contributed by atoms with Crippen molar-refractivity contribution in [2.45, 2.75) is 13.1 Å². The Morgan fingerprint density at radius 1 is 1.19 bits per heavy atom. The fourth-order valence-electron chi connectivity index (χ4n) is 1.33. The van der Waals surface area contributed by atoms with Gasteiger partial charge in [0.05, 0.1) is 11.9 Å². The molecule has 0 aliphatic carbocycles. The van der Waals surface area contributed by atoms with Gasteiger partial charge in [0.2, 0.25) is 0 Å². The van der Waals surface area contributed by atoms with E-state index in [0.29, 0.717) is 5.69 Å². The van der Waals surface area contributed by atoms with Gasteiger partial charge in [-0.2, -0.15) is 13.2 Å². The Morgan fingerprint density at radius 2 is 1.88 bits per heavy atom. The topological polar surface area (TPSA) is 30.7 Å². The molecule has 2 rings (SSSR count). The highest BCUT2D eigenvalue weighted by atomic mass is 19.4. The van der Waals surface area contributed by atoms with Crippen molar-refractivity contribution in [2.75, 3.05) is 0 Å². The summed E-state index contributed by atoms with van der Waals surface area (Å²) in [5.74, 6) is 0. The number of hydrogen-bond acceptors (Lipinski definition) is 2. The van der Waals surface area contributed by atoms with Crippen LogP contribution in [0.3, 0.4) is 0 Å². The number of benzene rings is 1. The number of halogens is 3. The van der Waals surface area contributed by atoms with Crippen molar-refractivity contribution in [3.8, 4) is 5.69 Å². The van der Waals surface area contributed by atoms with E-state index < -0.39 is 11.9 Å². The molecule has 1 heterocycles. The summed E-state index contributed by atoms with van der Waals surface area (Å²) in [5, 5.41) is 6.55. The van der Waals surface area contributed by atoms with Crippen LogP contribution in [0.4, 0.5) is 13.2 Å². The molecular weight excluding hydrogens is 219 g/mol. The van der Waals surface area contributed by atoms with E-state index in [9.17, 15) is 13.2 Å². The molecule has 6 heteroatoms. The Balaban J connectivity index is 2.44. The minimum Gasteiger partial charge on any atom is -0.220 e. The number of para-hydroxylation sites is 1. The van der Waals surface area contributed by atoms with Gasteiger partial charge in [0.15, 0.2) is 5.69 Å². The Bertz CT molecular complexity index is 502. The Morgan fingerprint density at radius 3 is 2.44 bits per heavy atom. The molecule has 0 spiro atoms. The van der Waals surface area contributed by atoms with E-state index in [1.807, 2.05) is 0 Å². The lowest BCUT2D eigenvalue weighted by Gasteiger charge is -2.03. The average molecular weight is 227 g/mol. The maximum Gasteiger partial charge on any atom is 0.436 e. The van der Waals surface area contributed by atoms with Crippen LogP contribution in [-0.2, 0) is 6.18 Å². The molecule has 0 radical (unpaired) electrons. The van der Waals surface area contributed by atoms with Gasteiger partial charge < -0.3 is 0 Å². The van der Waals surface area contributed by atoms with Crippen molar-refractivity contribution in [3.05, 3.63) is 41.7 Å². The monoisotopic (exact) mass is 227 g/mol. The van der Waals surface area contributed by atoms with Gasteiger partial charge in [-0.3, -0.25) is 0 Å². The SMILES string of the molecule is Cc1ccccc1-n1cc(C(F)(F)F)nn1. The quantitative estimate of drug-likeness (QED) is 0.749. The third-order valence-corrected chi connectivity index (χ3v) is 2.15. The summed E-state index contributed by atoms with van der Waals surface area (Å²) < 4.78 is 38.0. The standard InChI is InChI=1S/C10H8F3N3/c1-7-4-2-3-5-8(7)16-6-9(14-15-16)10(11,12)13/h2-6H,1H3. The summed E-state index contributed by atoms with van der Waals surface area (Å²) in [4.78, 5) is 0. The molecule has 0 N–H and O–H groups in total. The first-order chi connectivity index (χ1) is 7.48. The summed E-state index contributed by atoms with van der Waals surface area (Å²) in [5.41, 5.74) is 0.433. The second-order valence-corrected chi connectivity index (χ2v) is 3.33. The highest BCUT2D eigenvalue weighted by Gasteiger charge is 2.34. The zero-order valence-electron chi connectivity index (χ0n) is 8.36. The summed E-state index contributed by atoms with van der Waals surface area (Å²) in [6.07, 6.45) is -3.58. The van der Waals surface area contributed by atoms with Crippen LogP contribution in [0, 0.1) is 6.92 Å². The van der Waals surface area contributed by atoms with E-state index in [-0.39, 0.29) is 0 Å². The first kappa shape index (κ1) is 10.7. The molecule has 0 aliphatic heterocycles. The predicted octanol–water partition coefficient (Wildman–Crippen LogP) is 2.59. The van der Waals surface area contributed by atoms with Crippen molar-refractivity contribution in [1.82, 2.24) is 15.0 Å². The van der Waals surface area contributed by atoms with Crippen molar-refractivity contribution < 1.29 is 13.2 Å². The van der Waals surface area contributed by atoms with Gasteiger partial charge in [0, 0.05) is 0 Å². The summed E-state index contributed by atoms with van der Waals surface area (Å²) >= 11 is 0. The zero-order valence-corrected chi connectivity index (χ0v) is 8.36. The number of aromatic nitrogens is 3. The molecule has 0 bridgehead atoms. The van der Waals surface area contributed by atoms with Crippen molar-refractivity contribution in [2.24, 2.45) is 0 Å². The average Bonchev–Trinajstić information content (AvgIpc) is 2.66. The lowest BCUT2D eigenvalue weighted by molar-refractivity contribution is -0.141. The molecule has 0 unspecified atom stereocenters. The highest BCUT2D eigenvalue weighted by molar-refractivity contribution is 5.39. The van der Waals surface area contributed by atoms with Gasteiger partial charge in [-0.05, 0) is 18.6 Å². The van der Waals surface area contributed by atoms with Crippen molar-refractivity contribution >= 4 is 0 Å². The van der Waals surface area contributed by atoms with Gasteiger partial charge >= 0.3 is 6.18 Å². The molecule has 16 heavy (non-hydrogen) atoms. The van der Waals surface area contributed by atoms with E-state index in [4.69, 9.17) is 0 Å². The van der Waals surface area contributed by atoms with Crippen LogP contribution < -0.4 is 0 Å². The van der Waals surface area contributed by atoms with Crippen LogP contribution in [0.25, 0.3) is 5.69 Å². The molecule has 2 aromatic rings. The first-order valence-corrected chi connectivity index (χ1v) is 4.54. The fourth-order valence-corrected chi connectivity index (χ4v) is 1.33. The fraction of sp³-hybridized carbons (Fsp3) is 0.200. The summed E-state index contributed by atoms with van der Waals surface area (Å²) in [7, 11) is 0. The third kappa shape index (κ3) is 1.91. The van der Waals surface area contributed by atoms with E-state index in [0.717, 1.165) is 16.4 Å². The zero-order chi connectivity index (χ0) is 11.8. The molecule has 1 aromatic carbocycles. The molecule has 0 saturated carbocycles. The van der Waals surface area contributed by atoms with E-state index in [1.54, 1.807) is 31.2 Å². The maximum atomic E-state index is 12.3. The number of alkyl halides is 3. The van der Waals surface area contributed by atoms with E-state index in [1.165, 1.54) is 0 Å². The molecule has 0 saturated heterocycles. The molecule has 0 atom stereocenters. The number of rotatable bonds is 1.